The van der Waals surface area contributed by atoms with E-state index in [0.717, 1.165) is 31.2 Å². The molecule has 1 saturated carbocycles. The van der Waals surface area contributed by atoms with Crippen LogP contribution in [0.5, 0.6) is 0 Å². The van der Waals surface area contributed by atoms with Crippen LogP contribution in [0.15, 0.2) is 72.8 Å². The first kappa shape index (κ1) is 23.9. The van der Waals surface area contributed by atoms with Crippen LogP contribution in [0.3, 0.4) is 0 Å². The van der Waals surface area contributed by atoms with E-state index in [1.807, 2.05) is 12.1 Å². The van der Waals surface area contributed by atoms with Gasteiger partial charge in [-0.3, -0.25) is 0 Å². The van der Waals surface area contributed by atoms with Crippen LogP contribution in [-0.2, 0) is 11.2 Å². The van der Waals surface area contributed by atoms with Gasteiger partial charge in [-0.05, 0) is 59.8 Å². The highest BCUT2D eigenvalue weighted by Crippen LogP contribution is 2.38. The molecule has 0 aliphatic heterocycles. The maximum absolute atomic E-state index is 14.9. The van der Waals surface area contributed by atoms with Crippen molar-refractivity contribution in [1.29, 1.82) is 0 Å². The van der Waals surface area contributed by atoms with Gasteiger partial charge in [-0.15, -0.1) is 0 Å². The number of allylic oxidation sites excluding steroid dienone is 3. The van der Waals surface area contributed by atoms with Crippen molar-refractivity contribution in [2.45, 2.75) is 51.4 Å². The molecule has 0 radical (unpaired) electrons. The third-order valence-corrected chi connectivity index (χ3v) is 6.44. The fourth-order valence-electron chi connectivity index (χ4n) is 4.24. The Morgan fingerprint density at radius 1 is 1.00 bits per heavy atom. The third-order valence-electron chi connectivity index (χ3n) is 6.44. The van der Waals surface area contributed by atoms with E-state index in [2.05, 4.69) is 20.1 Å². The summed E-state index contributed by atoms with van der Waals surface area (Å²) in [6.45, 7) is 9.54. The van der Waals surface area contributed by atoms with Crippen LogP contribution < -0.4 is 0 Å². The Hall–Kier alpha value is -2.75. The van der Waals surface area contributed by atoms with Crippen molar-refractivity contribution in [3.63, 3.8) is 0 Å². The van der Waals surface area contributed by atoms with E-state index in [1.165, 1.54) is 13.2 Å². The molecule has 0 bridgehead atoms. The summed E-state index contributed by atoms with van der Waals surface area (Å²) in [5.41, 5.74) is 2.70. The lowest BCUT2D eigenvalue weighted by molar-refractivity contribution is 0.307. The smallest absolute Gasteiger partial charge is 0.166 e. The normalized spacial score (nSPS) is 19.0. The molecule has 0 saturated heterocycles. The molecule has 4 heteroatoms. The van der Waals surface area contributed by atoms with Crippen LogP contribution in [-0.4, -0.2) is 7.11 Å². The molecule has 0 unspecified atom stereocenters. The van der Waals surface area contributed by atoms with Gasteiger partial charge >= 0.3 is 0 Å². The number of halogens is 3. The van der Waals surface area contributed by atoms with Crippen molar-refractivity contribution in [3.8, 4) is 11.1 Å². The Morgan fingerprint density at radius 2 is 1.66 bits per heavy atom. The summed E-state index contributed by atoms with van der Waals surface area (Å²) in [5.74, 6) is -0.979. The highest BCUT2D eigenvalue weighted by Gasteiger charge is 2.25. The summed E-state index contributed by atoms with van der Waals surface area (Å²) in [5, 5.41) is 0. The second-order valence-corrected chi connectivity index (χ2v) is 8.75. The highest BCUT2D eigenvalue weighted by molar-refractivity contribution is 5.65. The van der Waals surface area contributed by atoms with Gasteiger partial charge in [0.1, 0.15) is 11.6 Å². The van der Waals surface area contributed by atoms with Gasteiger partial charge in [-0.1, -0.05) is 69.3 Å². The highest BCUT2D eigenvalue weighted by atomic mass is 19.2. The zero-order valence-corrected chi connectivity index (χ0v) is 18.9. The summed E-state index contributed by atoms with van der Waals surface area (Å²) in [6.07, 6.45) is 6.15. The van der Waals surface area contributed by atoms with Crippen molar-refractivity contribution in [2.75, 3.05) is 7.11 Å². The number of benzene rings is 2. The van der Waals surface area contributed by atoms with Gasteiger partial charge in [0, 0.05) is 11.6 Å². The number of ether oxygens (including phenoxy) is 1. The molecule has 1 aliphatic carbocycles. The summed E-state index contributed by atoms with van der Waals surface area (Å²) in [4.78, 5) is 0. The fraction of sp³-hybridized carbons (Fsp3) is 0.357. The molecule has 0 heterocycles. The van der Waals surface area contributed by atoms with Crippen LogP contribution in [0.4, 0.5) is 13.2 Å². The van der Waals surface area contributed by atoms with Crippen LogP contribution in [0.1, 0.15) is 56.1 Å². The molecule has 2 aromatic carbocycles. The van der Waals surface area contributed by atoms with Crippen molar-refractivity contribution in [1.82, 2.24) is 0 Å². The van der Waals surface area contributed by atoms with Gasteiger partial charge in [-0.25, -0.2) is 13.2 Å². The molecule has 170 valence electrons. The summed E-state index contributed by atoms with van der Waals surface area (Å²) < 4.78 is 48.7. The lowest BCUT2D eigenvalue weighted by atomic mass is 9.79. The molecule has 0 aromatic heterocycles. The predicted octanol–water partition coefficient (Wildman–Crippen LogP) is 8.43. The molecule has 1 aliphatic rings. The zero-order valence-electron chi connectivity index (χ0n) is 18.9. The van der Waals surface area contributed by atoms with Gasteiger partial charge in [0.2, 0.25) is 0 Å². The zero-order chi connectivity index (χ0) is 23.3. The van der Waals surface area contributed by atoms with E-state index in [9.17, 15) is 13.2 Å². The molecule has 0 N–H and O–H groups in total. The van der Waals surface area contributed by atoms with E-state index in [0.29, 0.717) is 35.5 Å². The quantitative estimate of drug-likeness (QED) is 0.296. The van der Waals surface area contributed by atoms with E-state index >= 15 is 0 Å². The average molecular weight is 441 g/mol. The van der Waals surface area contributed by atoms with Gasteiger partial charge in [0.05, 0.1) is 7.11 Å². The molecule has 2 aromatic rings. The Kier molecular flexibility index (Phi) is 8.00. The second kappa shape index (κ2) is 10.7. The van der Waals surface area contributed by atoms with E-state index in [4.69, 9.17) is 4.74 Å². The van der Waals surface area contributed by atoms with Crippen LogP contribution >= 0.6 is 0 Å². The SMILES string of the molecule is C=C(/C=C(/F)C(=C)CCc1ccc(-c2ccc(C3CCC(C)CC3)c(F)c2F)cc1)OC. The first-order chi connectivity index (χ1) is 15.3. The largest absolute Gasteiger partial charge is 0.497 e. The van der Waals surface area contributed by atoms with Crippen molar-refractivity contribution in [3.05, 3.63) is 95.6 Å². The van der Waals surface area contributed by atoms with Crippen LogP contribution in [0.2, 0.25) is 0 Å². The number of aryl methyl sites for hydroxylation is 1. The molecule has 1 fully saturated rings. The predicted molar refractivity (Wildman–Crippen MR) is 125 cm³/mol. The fourth-order valence-corrected chi connectivity index (χ4v) is 4.24. The van der Waals surface area contributed by atoms with E-state index in [1.54, 1.807) is 24.3 Å². The summed E-state index contributed by atoms with van der Waals surface area (Å²) in [6, 6.07) is 10.7. The molecular weight excluding hydrogens is 409 g/mol. The maximum atomic E-state index is 14.9. The first-order valence-electron chi connectivity index (χ1n) is 11.2. The molecule has 0 atom stereocenters. The Morgan fingerprint density at radius 3 is 2.28 bits per heavy atom. The van der Waals surface area contributed by atoms with Gasteiger partial charge in [-0.2, -0.15) is 0 Å². The number of hydrogen-bond acceptors (Lipinski definition) is 1. The Balaban J connectivity index is 1.68. The molecule has 0 spiro atoms. The Bertz CT molecular complexity index is 996. The second-order valence-electron chi connectivity index (χ2n) is 8.75. The summed E-state index contributed by atoms with van der Waals surface area (Å²) in [7, 11) is 1.43. The standard InChI is InChI=1S/C28H31F3O/c1-18-5-11-22(12-6-18)24-15-16-25(28(31)27(24)30)23-13-9-21(10-14-23)8-7-19(2)26(29)17-20(3)32-4/h9-10,13-18,22H,2-3,5-8,11-12H2,1,4H3/b26-17+. The molecular formula is C28H31F3O. The van der Waals surface area contributed by atoms with Crippen molar-refractivity contribution in [2.24, 2.45) is 5.92 Å². The number of hydrogen-bond donors (Lipinski definition) is 0. The van der Waals surface area contributed by atoms with E-state index < -0.39 is 17.5 Å². The minimum atomic E-state index is -0.784. The van der Waals surface area contributed by atoms with Crippen molar-refractivity contribution >= 4 is 0 Å². The average Bonchev–Trinajstić information content (AvgIpc) is 2.80. The lowest BCUT2D eigenvalue weighted by Crippen LogP contribution is -2.13. The van der Waals surface area contributed by atoms with Crippen LogP contribution in [0, 0.1) is 17.6 Å². The van der Waals surface area contributed by atoms with Gasteiger partial charge < -0.3 is 4.74 Å². The molecule has 1 nitrogen and oxygen atoms in total. The maximum Gasteiger partial charge on any atom is 0.166 e. The molecule has 32 heavy (non-hydrogen) atoms. The monoisotopic (exact) mass is 440 g/mol. The Labute approximate surface area is 189 Å². The minimum Gasteiger partial charge on any atom is -0.497 e. The van der Waals surface area contributed by atoms with Crippen LogP contribution in [0.25, 0.3) is 11.1 Å². The molecule has 3 rings (SSSR count). The van der Waals surface area contributed by atoms with Crippen molar-refractivity contribution < 1.29 is 17.9 Å². The van der Waals surface area contributed by atoms with Gasteiger partial charge in [0.15, 0.2) is 11.6 Å². The first-order valence-corrected chi connectivity index (χ1v) is 11.2. The third kappa shape index (κ3) is 5.73. The summed E-state index contributed by atoms with van der Waals surface area (Å²) >= 11 is 0. The minimum absolute atomic E-state index is 0.0979. The number of rotatable bonds is 8. The topological polar surface area (TPSA) is 9.23 Å². The van der Waals surface area contributed by atoms with E-state index in [-0.39, 0.29) is 17.2 Å². The lowest BCUT2D eigenvalue weighted by Gasteiger charge is -2.27. The number of methoxy groups -OCH3 is 1. The molecule has 0 amide bonds. The van der Waals surface area contributed by atoms with Gasteiger partial charge in [0.25, 0.3) is 0 Å².